The van der Waals surface area contributed by atoms with E-state index in [2.05, 4.69) is 43.4 Å². The fourth-order valence-electron chi connectivity index (χ4n) is 4.27. The molecule has 1 fully saturated rings. The lowest BCUT2D eigenvalue weighted by Gasteiger charge is -2.43. The zero-order chi connectivity index (χ0) is 23.8. The van der Waals surface area contributed by atoms with Crippen LogP contribution in [0.1, 0.15) is 52.2 Å². The van der Waals surface area contributed by atoms with Gasteiger partial charge in [-0.15, -0.1) is 0 Å². The van der Waals surface area contributed by atoms with Crippen LogP contribution in [0.3, 0.4) is 0 Å². The second kappa shape index (κ2) is 9.02. The van der Waals surface area contributed by atoms with E-state index in [9.17, 15) is 14.4 Å². The van der Waals surface area contributed by atoms with Gasteiger partial charge in [0.05, 0.1) is 24.7 Å². The third-order valence-corrected chi connectivity index (χ3v) is 6.70. The van der Waals surface area contributed by atoms with Crippen LogP contribution in [0.15, 0.2) is 23.1 Å². The molecule has 32 heavy (non-hydrogen) atoms. The summed E-state index contributed by atoms with van der Waals surface area (Å²) in [6, 6.07) is 3.00. The van der Waals surface area contributed by atoms with Gasteiger partial charge in [0.2, 0.25) is 0 Å². The number of fused-ring (bicyclic) bond motifs is 1. The number of allylic oxidation sites excluding steroid dienone is 1. The number of nitrogens with zero attached hydrogens (tertiary/aromatic N) is 2. The van der Waals surface area contributed by atoms with E-state index in [1.807, 2.05) is 12.1 Å². The van der Waals surface area contributed by atoms with Crippen LogP contribution in [-0.4, -0.2) is 54.4 Å². The van der Waals surface area contributed by atoms with E-state index in [1.165, 1.54) is 14.0 Å². The van der Waals surface area contributed by atoms with E-state index < -0.39 is 23.2 Å². The Labute approximate surface area is 193 Å². The number of hydrogen-bond donors (Lipinski definition) is 0. The van der Waals surface area contributed by atoms with Crippen LogP contribution in [0.5, 0.6) is 5.75 Å². The molecule has 0 aromatic heterocycles. The summed E-state index contributed by atoms with van der Waals surface area (Å²) < 4.78 is 10.3. The average Bonchev–Trinajstić information content (AvgIpc) is 3.02. The molecule has 1 unspecified atom stereocenters. The summed E-state index contributed by atoms with van der Waals surface area (Å²) in [7, 11) is 2.82. The fourth-order valence-corrected chi connectivity index (χ4v) is 5.17. The zero-order valence-corrected chi connectivity index (χ0v) is 20.5. The maximum absolute atomic E-state index is 12.9. The van der Waals surface area contributed by atoms with Crippen LogP contribution >= 0.6 is 11.8 Å². The van der Waals surface area contributed by atoms with Gasteiger partial charge in [-0.1, -0.05) is 13.0 Å². The van der Waals surface area contributed by atoms with Crippen LogP contribution in [-0.2, 0) is 14.3 Å². The molecular formula is C24H30N2O5S. The fraction of sp³-hybridized carbons (Fsp3) is 0.458. The Hall–Kier alpha value is -2.74. The smallest absolute Gasteiger partial charge is 0.328 e. The first-order valence-electron chi connectivity index (χ1n) is 10.6. The molecule has 2 amide bonds. The summed E-state index contributed by atoms with van der Waals surface area (Å²) in [6.45, 7) is 11.0. The van der Waals surface area contributed by atoms with Gasteiger partial charge in [0.15, 0.2) is 0 Å². The van der Waals surface area contributed by atoms with Gasteiger partial charge in [-0.05, 0) is 63.6 Å². The van der Waals surface area contributed by atoms with Gasteiger partial charge in [0.25, 0.3) is 11.1 Å². The maximum Gasteiger partial charge on any atom is 0.328 e. The average molecular weight is 459 g/mol. The highest BCUT2D eigenvalue weighted by molar-refractivity contribution is 8.18. The highest BCUT2D eigenvalue weighted by Gasteiger charge is 2.41. The van der Waals surface area contributed by atoms with Crippen molar-refractivity contribution < 1.29 is 23.9 Å². The molecule has 3 rings (SSSR count). The van der Waals surface area contributed by atoms with E-state index >= 15 is 0 Å². The van der Waals surface area contributed by atoms with Crippen LogP contribution in [0, 0.1) is 0 Å². The molecule has 2 aliphatic heterocycles. The molecule has 2 heterocycles. The first kappa shape index (κ1) is 23.9. The number of anilines is 1. The van der Waals surface area contributed by atoms with Crippen LogP contribution in [0.2, 0.25) is 0 Å². The molecule has 172 valence electrons. The largest absolute Gasteiger partial charge is 0.496 e. The van der Waals surface area contributed by atoms with Crippen molar-refractivity contribution in [2.45, 2.75) is 52.6 Å². The summed E-state index contributed by atoms with van der Waals surface area (Å²) >= 11 is 0.809. The predicted molar refractivity (Wildman–Crippen MR) is 128 cm³/mol. The number of thioether (sulfide) groups is 1. The number of esters is 1. The number of hydrogen-bond acceptors (Lipinski definition) is 7. The van der Waals surface area contributed by atoms with Gasteiger partial charge < -0.3 is 14.4 Å². The Morgan fingerprint density at radius 2 is 1.94 bits per heavy atom. The first-order chi connectivity index (χ1) is 15.0. The molecule has 0 saturated carbocycles. The molecule has 0 aliphatic carbocycles. The molecule has 0 spiro atoms. The Balaban J connectivity index is 2.06. The Bertz CT molecular complexity index is 1030. The van der Waals surface area contributed by atoms with E-state index in [0.717, 1.165) is 46.5 Å². The minimum Gasteiger partial charge on any atom is -0.496 e. The minimum atomic E-state index is -0.987. The SMILES string of the molecule is CCCN1c2cc(OC)c(/C=C3\SC(=O)N(C(C)C(=O)OC)C3=O)cc2C(C)=CC1(C)C. The zero-order valence-electron chi connectivity index (χ0n) is 19.6. The second-order valence-corrected chi connectivity index (χ2v) is 9.49. The van der Waals surface area contributed by atoms with Crippen molar-refractivity contribution in [2.24, 2.45) is 0 Å². The van der Waals surface area contributed by atoms with Crippen molar-refractivity contribution in [2.75, 3.05) is 25.7 Å². The highest BCUT2D eigenvalue weighted by atomic mass is 32.2. The molecule has 0 N–H and O–H groups in total. The van der Waals surface area contributed by atoms with Crippen molar-refractivity contribution in [3.8, 4) is 5.75 Å². The van der Waals surface area contributed by atoms with Gasteiger partial charge in [-0.2, -0.15) is 0 Å². The maximum atomic E-state index is 12.9. The van der Waals surface area contributed by atoms with E-state index in [-0.39, 0.29) is 10.4 Å². The molecule has 2 aliphatic rings. The summed E-state index contributed by atoms with van der Waals surface area (Å²) in [6.07, 6.45) is 4.91. The molecule has 7 nitrogen and oxygen atoms in total. The molecule has 1 aromatic rings. The third kappa shape index (κ3) is 4.16. The third-order valence-electron chi connectivity index (χ3n) is 5.82. The van der Waals surface area contributed by atoms with Crippen LogP contribution in [0.25, 0.3) is 11.6 Å². The highest BCUT2D eigenvalue weighted by Crippen LogP contribution is 2.43. The number of ether oxygens (including phenoxy) is 2. The minimum absolute atomic E-state index is 0.133. The van der Waals surface area contributed by atoms with Crippen molar-refractivity contribution in [3.05, 3.63) is 34.2 Å². The van der Waals surface area contributed by atoms with Gasteiger partial charge in [0.1, 0.15) is 11.8 Å². The number of carbonyl (C=O) groups is 3. The predicted octanol–water partition coefficient (Wildman–Crippen LogP) is 4.70. The Morgan fingerprint density at radius 3 is 2.53 bits per heavy atom. The molecular weight excluding hydrogens is 428 g/mol. The van der Waals surface area contributed by atoms with Gasteiger partial charge in [0, 0.05) is 29.4 Å². The normalized spacial score (nSPS) is 19.7. The summed E-state index contributed by atoms with van der Waals surface area (Å²) in [5.41, 5.74) is 3.85. The molecule has 1 aromatic carbocycles. The topological polar surface area (TPSA) is 76.2 Å². The summed E-state index contributed by atoms with van der Waals surface area (Å²) in [5.74, 6) is -0.541. The van der Waals surface area contributed by atoms with Gasteiger partial charge in [-0.25, -0.2) is 4.79 Å². The van der Waals surface area contributed by atoms with E-state index in [4.69, 9.17) is 4.74 Å². The monoisotopic (exact) mass is 458 g/mol. The van der Waals surface area contributed by atoms with E-state index in [1.54, 1.807) is 13.2 Å². The summed E-state index contributed by atoms with van der Waals surface area (Å²) in [4.78, 5) is 40.7. The molecule has 1 saturated heterocycles. The van der Waals surface area contributed by atoms with Crippen molar-refractivity contribution in [1.82, 2.24) is 4.90 Å². The Morgan fingerprint density at radius 1 is 1.25 bits per heavy atom. The number of imide groups is 1. The van der Waals surface area contributed by atoms with Gasteiger partial charge >= 0.3 is 5.97 Å². The standard InChI is InChI=1S/C24H30N2O5S/c1-8-9-25-18-12-19(30-6)16(10-17(18)14(2)13-24(25,4)5)11-20-21(27)26(23(29)32-20)15(3)22(28)31-7/h10-13,15H,8-9H2,1-7H3/b20-11-. The van der Waals surface area contributed by atoms with Crippen LogP contribution < -0.4 is 9.64 Å². The lowest BCUT2D eigenvalue weighted by atomic mass is 9.87. The summed E-state index contributed by atoms with van der Waals surface area (Å²) in [5, 5.41) is -0.497. The van der Waals surface area contributed by atoms with Gasteiger partial charge in [-0.3, -0.25) is 14.5 Å². The lowest BCUT2D eigenvalue weighted by molar-refractivity contribution is -0.148. The first-order valence-corrected chi connectivity index (χ1v) is 11.4. The number of methoxy groups -OCH3 is 2. The molecule has 0 bridgehead atoms. The van der Waals surface area contributed by atoms with Crippen molar-refractivity contribution >= 4 is 46.2 Å². The molecule has 8 heteroatoms. The second-order valence-electron chi connectivity index (χ2n) is 8.49. The van der Waals surface area contributed by atoms with E-state index in [0.29, 0.717) is 11.3 Å². The Kier molecular flexibility index (Phi) is 6.74. The number of benzene rings is 1. The van der Waals surface area contributed by atoms with Crippen molar-refractivity contribution in [1.29, 1.82) is 0 Å². The number of amides is 2. The molecule has 0 radical (unpaired) electrons. The number of carbonyl (C=O) groups excluding carboxylic acids is 3. The molecule has 1 atom stereocenters. The van der Waals surface area contributed by atoms with Crippen LogP contribution in [0.4, 0.5) is 10.5 Å². The number of rotatable bonds is 6. The lowest BCUT2D eigenvalue weighted by Crippen LogP contribution is -2.45. The van der Waals surface area contributed by atoms with Crippen molar-refractivity contribution in [3.63, 3.8) is 0 Å². The quantitative estimate of drug-likeness (QED) is 0.451.